The van der Waals surface area contributed by atoms with Crippen molar-refractivity contribution in [1.29, 1.82) is 0 Å². The normalized spacial score (nSPS) is 28.4. The summed E-state index contributed by atoms with van der Waals surface area (Å²) in [6.45, 7) is 2.91. The van der Waals surface area contributed by atoms with Gasteiger partial charge in [0.05, 0.1) is 6.10 Å². The summed E-state index contributed by atoms with van der Waals surface area (Å²) in [6.07, 6.45) is 3.79. The molecule has 0 aliphatic carbocycles. The molecular weight excluding hydrogens is 208 g/mol. The average molecular weight is 223 g/mol. The highest BCUT2D eigenvalue weighted by Crippen LogP contribution is 2.15. The zero-order valence-corrected chi connectivity index (χ0v) is 8.47. The van der Waals surface area contributed by atoms with Gasteiger partial charge in [-0.3, -0.25) is 0 Å². The SMILES string of the molecule is CC(CBr)OC1CCCCO1. The van der Waals surface area contributed by atoms with E-state index in [9.17, 15) is 0 Å². The van der Waals surface area contributed by atoms with Crippen molar-refractivity contribution in [3.63, 3.8) is 0 Å². The summed E-state index contributed by atoms with van der Waals surface area (Å²) in [4.78, 5) is 0. The Balaban J connectivity index is 2.13. The van der Waals surface area contributed by atoms with E-state index in [1.54, 1.807) is 0 Å². The Morgan fingerprint density at radius 2 is 2.45 bits per heavy atom. The van der Waals surface area contributed by atoms with Crippen LogP contribution < -0.4 is 0 Å². The molecule has 1 heterocycles. The zero-order valence-electron chi connectivity index (χ0n) is 6.88. The van der Waals surface area contributed by atoms with Gasteiger partial charge in [0.1, 0.15) is 0 Å². The van der Waals surface area contributed by atoms with Crippen molar-refractivity contribution in [2.24, 2.45) is 0 Å². The van der Waals surface area contributed by atoms with Crippen LogP contribution in [-0.2, 0) is 9.47 Å². The van der Waals surface area contributed by atoms with E-state index in [0.29, 0.717) is 0 Å². The summed E-state index contributed by atoms with van der Waals surface area (Å²) in [5, 5.41) is 0.882. The van der Waals surface area contributed by atoms with Crippen molar-refractivity contribution in [3.05, 3.63) is 0 Å². The minimum atomic E-state index is 0.0521. The summed E-state index contributed by atoms with van der Waals surface area (Å²) in [6, 6.07) is 0. The molecule has 0 saturated carbocycles. The van der Waals surface area contributed by atoms with E-state index in [-0.39, 0.29) is 12.4 Å². The minimum Gasteiger partial charge on any atom is -0.353 e. The molecular formula is C8H15BrO2. The molecule has 2 nitrogen and oxygen atoms in total. The third-order valence-corrected chi connectivity index (χ3v) is 2.65. The number of alkyl halides is 1. The number of ether oxygens (including phenoxy) is 2. The molecule has 2 unspecified atom stereocenters. The molecule has 0 amide bonds. The average Bonchev–Trinajstić information content (AvgIpc) is 2.06. The molecule has 1 rings (SSSR count). The fraction of sp³-hybridized carbons (Fsp3) is 1.00. The highest BCUT2D eigenvalue weighted by Gasteiger charge is 2.16. The molecule has 0 N–H and O–H groups in total. The van der Waals surface area contributed by atoms with Gasteiger partial charge in [0.25, 0.3) is 0 Å². The van der Waals surface area contributed by atoms with Crippen LogP contribution >= 0.6 is 15.9 Å². The zero-order chi connectivity index (χ0) is 8.10. The van der Waals surface area contributed by atoms with Crippen LogP contribution in [0, 0.1) is 0 Å². The maximum Gasteiger partial charge on any atom is 0.157 e. The van der Waals surface area contributed by atoms with Crippen LogP contribution in [0.15, 0.2) is 0 Å². The van der Waals surface area contributed by atoms with Gasteiger partial charge < -0.3 is 9.47 Å². The lowest BCUT2D eigenvalue weighted by atomic mass is 10.2. The van der Waals surface area contributed by atoms with Crippen LogP contribution in [-0.4, -0.2) is 24.3 Å². The van der Waals surface area contributed by atoms with Gasteiger partial charge in [-0.1, -0.05) is 15.9 Å². The lowest BCUT2D eigenvalue weighted by Crippen LogP contribution is -2.27. The first-order valence-corrected chi connectivity index (χ1v) is 5.28. The van der Waals surface area contributed by atoms with Crippen LogP contribution in [0.2, 0.25) is 0 Å². The van der Waals surface area contributed by atoms with Gasteiger partial charge in [-0.15, -0.1) is 0 Å². The lowest BCUT2D eigenvalue weighted by molar-refractivity contribution is -0.179. The lowest BCUT2D eigenvalue weighted by Gasteiger charge is -2.25. The van der Waals surface area contributed by atoms with E-state index in [2.05, 4.69) is 15.9 Å². The molecule has 11 heavy (non-hydrogen) atoms. The van der Waals surface area contributed by atoms with Crippen molar-refractivity contribution in [3.8, 4) is 0 Å². The molecule has 0 aromatic heterocycles. The van der Waals surface area contributed by atoms with Gasteiger partial charge in [-0.05, 0) is 26.2 Å². The molecule has 1 fully saturated rings. The van der Waals surface area contributed by atoms with E-state index in [1.807, 2.05) is 6.92 Å². The molecule has 3 heteroatoms. The molecule has 0 bridgehead atoms. The van der Waals surface area contributed by atoms with E-state index >= 15 is 0 Å². The van der Waals surface area contributed by atoms with Gasteiger partial charge in [0.15, 0.2) is 6.29 Å². The number of hydrogen-bond donors (Lipinski definition) is 0. The second kappa shape index (κ2) is 5.12. The predicted octanol–water partition coefficient (Wildman–Crippen LogP) is 2.31. The maximum atomic E-state index is 5.57. The monoisotopic (exact) mass is 222 g/mol. The van der Waals surface area contributed by atoms with E-state index < -0.39 is 0 Å². The molecule has 66 valence electrons. The second-order valence-corrected chi connectivity index (χ2v) is 3.54. The minimum absolute atomic E-state index is 0.0521. The molecule has 1 aliphatic heterocycles. The highest BCUT2D eigenvalue weighted by molar-refractivity contribution is 9.09. The third-order valence-electron chi connectivity index (χ3n) is 1.74. The molecule has 0 aromatic rings. The van der Waals surface area contributed by atoms with Crippen LogP contribution in [0.4, 0.5) is 0 Å². The first-order valence-electron chi connectivity index (χ1n) is 4.16. The summed E-state index contributed by atoms with van der Waals surface area (Å²) in [7, 11) is 0. The third kappa shape index (κ3) is 3.54. The molecule has 1 aliphatic rings. The first-order chi connectivity index (χ1) is 5.33. The smallest absolute Gasteiger partial charge is 0.157 e. The Morgan fingerprint density at radius 3 is 3.00 bits per heavy atom. The van der Waals surface area contributed by atoms with Gasteiger partial charge in [0.2, 0.25) is 0 Å². The summed E-state index contributed by atoms with van der Waals surface area (Å²) < 4.78 is 11.0. The van der Waals surface area contributed by atoms with E-state index in [0.717, 1.165) is 18.4 Å². The Hall–Kier alpha value is 0.400. The van der Waals surface area contributed by atoms with Gasteiger partial charge >= 0.3 is 0 Å². The van der Waals surface area contributed by atoms with Crippen molar-refractivity contribution in [2.45, 2.75) is 38.6 Å². The second-order valence-electron chi connectivity index (χ2n) is 2.90. The molecule has 2 atom stereocenters. The fourth-order valence-electron chi connectivity index (χ4n) is 1.11. The van der Waals surface area contributed by atoms with Gasteiger partial charge in [0, 0.05) is 11.9 Å². The van der Waals surface area contributed by atoms with Crippen molar-refractivity contribution in [1.82, 2.24) is 0 Å². The van der Waals surface area contributed by atoms with Crippen molar-refractivity contribution < 1.29 is 9.47 Å². The Kier molecular flexibility index (Phi) is 4.41. The molecule has 0 aromatic carbocycles. The summed E-state index contributed by atoms with van der Waals surface area (Å²) in [5.41, 5.74) is 0. The van der Waals surface area contributed by atoms with Crippen molar-refractivity contribution in [2.75, 3.05) is 11.9 Å². The van der Waals surface area contributed by atoms with Crippen LogP contribution in [0.1, 0.15) is 26.2 Å². The number of hydrogen-bond acceptors (Lipinski definition) is 2. The molecule has 0 radical (unpaired) electrons. The number of halogens is 1. The Morgan fingerprint density at radius 1 is 1.64 bits per heavy atom. The first kappa shape index (κ1) is 9.49. The maximum absolute atomic E-state index is 5.57. The van der Waals surface area contributed by atoms with Crippen LogP contribution in [0.25, 0.3) is 0 Å². The largest absolute Gasteiger partial charge is 0.353 e. The summed E-state index contributed by atoms with van der Waals surface area (Å²) >= 11 is 3.36. The van der Waals surface area contributed by atoms with E-state index in [1.165, 1.54) is 12.8 Å². The topological polar surface area (TPSA) is 18.5 Å². The molecule has 1 saturated heterocycles. The van der Waals surface area contributed by atoms with E-state index in [4.69, 9.17) is 9.47 Å². The fourth-order valence-corrected chi connectivity index (χ4v) is 1.27. The number of rotatable bonds is 3. The quantitative estimate of drug-likeness (QED) is 0.683. The van der Waals surface area contributed by atoms with Gasteiger partial charge in [-0.25, -0.2) is 0 Å². The van der Waals surface area contributed by atoms with Gasteiger partial charge in [-0.2, -0.15) is 0 Å². The highest BCUT2D eigenvalue weighted by atomic mass is 79.9. The molecule has 0 spiro atoms. The van der Waals surface area contributed by atoms with Crippen LogP contribution in [0.5, 0.6) is 0 Å². The standard InChI is InChI=1S/C8H15BrO2/c1-7(6-9)11-8-4-2-3-5-10-8/h7-8H,2-6H2,1H3. The van der Waals surface area contributed by atoms with Crippen molar-refractivity contribution >= 4 is 15.9 Å². The van der Waals surface area contributed by atoms with Crippen LogP contribution in [0.3, 0.4) is 0 Å². The Labute approximate surface area is 76.4 Å². The Bertz CT molecular complexity index is 102. The summed E-state index contributed by atoms with van der Waals surface area (Å²) in [5.74, 6) is 0. The predicted molar refractivity (Wildman–Crippen MR) is 47.9 cm³/mol.